The average Bonchev–Trinajstić information content (AvgIpc) is 2.62. The Morgan fingerprint density at radius 1 is 1.64 bits per heavy atom. The lowest BCUT2D eigenvalue weighted by molar-refractivity contribution is 0.623. The van der Waals surface area contributed by atoms with Crippen LogP contribution in [0.4, 0.5) is 0 Å². The highest BCUT2D eigenvalue weighted by atomic mass is 35.5. The maximum Gasteiger partial charge on any atom is 0.138 e. The van der Waals surface area contributed by atoms with Crippen LogP contribution in [0.3, 0.4) is 0 Å². The Morgan fingerprint density at radius 3 is 3.07 bits per heavy atom. The fourth-order valence-corrected chi connectivity index (χ4v) is 1.42. The van der Waals surface area contributed by atoms with Gasteiger partial charge in [-0.1, -0.05) is 11.6 Å². The molecule has 0 bridgehead atoms. The van der Waals surface area contributed by atoms with Gasteiger partial charge in [-0.15, -0.1) is 11.6 Å². The first kappa shape index (κ1) is 11.2. The van der Waals surface area contributed by atoms with Crippen molar-refractivity contribution in [1.29, 1.82) is 0 Å². The fourth-order valence-electron chi connectivity index (χ4n) is 1.31. The monoisotopic (exact) mass is 213 g/mol. The standard InChI is InChI=1S/C10H16ClN3/c1-3-14-10(12-8-13-14)7-9(2)5-4-6-11/h5,8H,3-4,6-7H2,1-2H3. The number of hydrogen-bond donors (Lipinski definition) is 0. The molecule has 0 fully saturated rings. The molecule has 78 valence electrons. The Morgan fingerprint density at radius 2 is 2.43 bits per heavy atom. The van der Waals surface area contributed by atoms with Crippen LogP contribution in [-0.4, -0.2) is 20.6 Å². The first-order chi connectivity index (χ1) is 6.77. The number of hydrogen-bond acceptors (Lipinski definition) is 2. The highest BCUT2D eigenvalue weighted by Crippen LogP contribution is 2.05. The number of aromatic nitrogens is 3. The van der Waals surface area contributed by atoms with Crippen LogP contribution in [0.1, 0.15) is 26.1 Å². The number of aryl methyl sites for hydroxylation is 1. The summed E-state index contributed by atoms with van der Waals surface area (Å²) in [6.45, 7) is 5.04. The number of allylic oxidation sites excluding steroid dienone is 2. The molecule has 0 atom stereocenters. The number of rotatable bonds is 5. The molecule has 1 aromatic heterocycles. The molecule has 1 rings (SSSR count). The van der Waals surface area contributed by atoms with E-state index in [-0.39, 0.29) is 0 Å². The van der Waals surface area contributed by atoms with E-state index in [1.807, 2.05) is 4.68 Å². The van der Waals surface area contributed by atoms with E-state index in [0.29, 0.717) is 5.88 Å². The van der Waals surface area contributed by atoms with Crippen molar-refractivity contribution >= 4 is 11.6 Å². The predicted octanol–water partition coefficient (Wildman–Crippen LogP) is 2.42. The molecule has 0 radical (unpaired) electrons. The van der Waals surface area contributed by atoms with Gasteiger partial charge in [-0.2, -0.15) is 5.10 Å². The minimum Gasteiger partial charge on any atom is -0.250 e. The van der Waals surface area contributed by atoms with Gasteiger partial charge in [0.05, 0.1) is 0 Å². The van der Waals surface area contributed by atoms with E-state index < -0.39 is 0 Å². The summed E-state index contributed by atoms with van der Waals surface area (Å²) >= 11 is 5.61. The van der Waals surface area contributed by atoms with Crippen molar-refractivity contribution in [1.82, 2.24) is 14.8 Å². The molecule has 0 aliphatic heterocycles. The molecule has 0 aromatic carbocycles. The molecule has 0 saturated carbocycles. The van der Waals surface area contributed by atoms with Crippen molar-refractivity contribution in [2.75, 3.05) is 5.88 Å². The Hall–Kier alpha value is -0.830. The summed E-state index contributed by atoms with van der Waals surface area (Å²) < 4.78 is 1.91. The van der Waals surface area contributed by atoms with Crippen LogP contribution < -0.4 is 0 Å². The van der Waals surface area contributed by atoms with Crippen molar-refractivity contribution in [3.8, 4) is 0 Å². The summed E-state index contributed by atoms with van der Waals surface area (Å²) in [6, 6.07) is 0. The first-order valence-electron chi connectivity index (χ1n) is 4.86. The summed E-state index contributed by atoms with van der Waals surface area (Å²) in [5.74, 6) is 1.70. The summed E-state index contributed by atoms with van der Waals surface area (Å²) in [5, 5.41) is 4.12. The van der Waals surface area contributed by atoms with E-state index in [1.54, 1.807) is 6.33 Å². The lowest BCUT2D eigenvalue weighted by Gasteiger charge is -2.02. The van der Waals surface area contributed by atoms with Crippen LogP contribution in [0.2, 0.25) is 0 Å². The number of nitrogens with zero attached hydrogens (tertiary/aromatic N) is 3. The van der Waals surface area contributed by atoms with Gasteiger partial charge in [0.15, 0.2) is 0 Å². The molecule has 0 aliphatic carbocycles. The Labute approximate surface area is 89.8 Å². The van der Waals surface area contributed by atoms with Gasteiger partial charge in [-0.05, 0) is 20.3 Å². The number of alkyl halides is 1. The second kappa shape index (κ2) is 5.81. The fraction of sp³-hybridized carbons (Fsp3) is 0.600. The molecule has 1 heterocycles. The molecule has 14 heavy (non-hydrogen) atoms. The van der Waals surface area contributed by atoms with Gasteiger partial charge in [-0.25, -0.2) is 4.98 Å². The zero-order chi connectivity index (χ0) is 10.4. The van der Waals surface area contributed by atoms with Gasteiger partial charge in [0.25, 0.3) is 0 Å². The molecule has 0 amide bonds. The van der Waals surface area contributed by atoms with Gasteiger partial charge >= 0.3 is 0 Å². The molecular formula is C10H16ClN3. The normalized spacial score (nSPS) is 12.1. The van der Waals surface area contributed by atoms with Gasteiger partial charge < -0.3 is 0 Å². The maximum absolute atomic E-state index is 5.61. The number of halogens is 1. The molecule has 1 aromatic rings. The largest absolute Gasteiger partial charge is 0.250 e. The van der Waals surface area contributed by atoms with Crippen molar-refractivity contribution in [3.05, 3.63) is 23.8 Å². The Kier molecular flexibility index (Phi) is 4.66. The zero-order valence-electron chi connectivity index (χ0n) is 8.70. The van der Waals surface area contributed by atoms with E-state index in [9.17, 15) is 0 Å². The third kappa shape index (κ3) is 3.14. The van der Waals surface area contributed by atoms with Gasteiger partial charge in [-0.3, -0.25) is 4.68 Å². The van der Waals surface area contributed by atoms with E-state index in [1.165, 1.54) is 5.57 Å². The molecular weight excluding hydrogens is 198 g/mol. The van der Waals surface area contributed by atoms with Crippen LogP contribution >= 0.6 is 11.6 Å². The average molecular weight is 214 g/mol. The van der Waals surface area contributed by atoms with Gasteiger partial charge in [0, 0.05) is 18.8 Å². The van der Waals surface area contributed by atoms with Crippen LogP contribution in [0, 0.1) is 0 Å². The molecule has 0 unspecified atom stereocenters. The smallest absolute Gasteiger partial charge is 0.138 e. The topological polar surface area (TPSA) is 30.7 Å². The van der Waals surface area contributed by atoms with Gasteiger partial charge in [0.2, 0.25) is 0 Å². The molecule has 0 aliphatic rings. The minimum atomic E-state index is 0.678. The van der Waals surface area contributed by atoms with Crippen molar-refractivity contribution in [2.45, 2.75) is 33.2 Å². The van der Waals surface area contributed by atoms with E-state index >= 15 is 0 Å². The van der Waals surface area contributed by atoms with Crippen LogP contribution in [0.25, 0.3) is 0 Å². The quantitative estimate of drug-likeness (QED) is 0.556. The van der Waals surface area contributed by atoms with Crippen molar-refractivity contribution in [3.63, 3.8) is 0 Å². The Balaban J connectivity index is 2.59. The van der Waals surface area contributed by atoms with Crippen LogP contribution in [0.5, 0.6) is 0 Å². The second-order valence-corrected chi connectivity index (χ2v) is 3.57. The molecule has 4 heteroatoms. The third-order valence-electron chi connectivity index (χ3n) is 2.03. The zero-order valence-corrected chi connectivity index (χ0v) is 9.46. The highest BCUT2D eigenvalue weighted by Gasteiger charge is 2.02. The SMILES string of the molecule is CCn1ncnc1CC(C)=CCCCl. The van der Waals surface area contributed by atoms with Crippen LogP contribution in [0.15, 0.2) is 18.0 Å². The summed E-state index contributed by atoms with van der Waals surface area (Å²) in [4.78, 5) is 4.21. The Bertz CT molecular complexity index is 304. The van der Waals surface area contributed by atoms with E-state index in [2.05, 4.69) is 30.0 Å². The second-order valence-electron chi connectivity index (χ2n) is 3.20. The van der Waals surface area contributed by atoms with E-state index in [0.717, 1.165) is 25.2 Å². The lowest BCUT2D eigenvalue weighted by Crippen LogP contribution is -2.04. The van der Waals surface area contributed by atoms with E-state index in [4.69, 9.17) is 11.6 Å². The first-order valence-corrected chi connectivity index (χ1v) is 5.39. The van der Waals surface area contributed by atoms with Crippen LogP contribution in [-0.2, 0) is 13.0 Å². The minimum absolute atomic E-state index is 0.678. The molecule has 0 N–H and O–H groups in total. The summed E-state index contributed by atoms with van der Waals surface area (Å²) in [7, 11) is 0. The summed E-state index contributed by atoms with van der Waals surface area (Å²) in [5.41, 5.74) is 1.30. The lowest BCUT2D eigenvalue weighted by atomic mass is 10.2. The molecule has 0 spiro atoms. The predicted molar refractivity (Wildman–Crippen MR) is 58.5 cm³/mol. The van der Waals surface area contributed by atoms with Crippen molar-refractivity contribution < 1.29 is 0 Å². The third-order valence-corrected chi connectivity index (χ3v) is 2.25. The van der Waals surface area contributed by atoms with Crippen molar-refractivity contribution in [2.24, 2.45) is 0 Å². The summed E-state index contributed by atoms with van der Waals surface area (Å²) in [6.07, 6.45) is 5.55. The van der Waals surface area contributed by atoms with Gasteiger partial charge in [0.1, 0.15) is 12.2 Å². The maximum atomic E-state index is 5.61. The molecule has 3 nitrogen and oxygen atoms in total. The molecule has 0 saturated heterocycles. The highest BCUT2D eigenvalue weighted by molar-refractivity contribution is 6.17.